The van der Waals surface area contributed by atoms with Crippen molar-refractivity contribution in [2.45, 2.75) is 64.2 Å². The highest BCUT2D eigenvalue weighted by molar-refractivity contribution is 5.49. The third-order valence-electron chi connectivity index (χ3n) is 5.39. The fraction of sp³-hybridized carbons (Fsp3) is 0.579. The Morgan fingerprint density at radius 1 is 1.06 bits per heavy atom. The molecule has 2 atom stereocenters. The molecule has 3 rings (SSSR count). The van der Waals surface area contributed by atoms with E-state index in [1.165, 1.54) is 0 Å². The third-order valence-corrected chi connectivity index (χ3v) is 5.39. The van der Waals surface area contributed by atoms with Crippen LogP contribution in [-0.2, 0) is 18.9 Å². The van der Waals surface area contributed by atoms with Gasteiger partial charge in [-0.15, -0.1) is 0 Å². The Morgan fingerprint density at radius 2 is 1.78 bits per heavy atom. The Bertz CT molecular complexity index is 949. The molecule has 0 saturated heterocycles. The maximum atomic E-state index is 13.5. The summed E-state index contributed by atoms with van der Waals surface area (Å²) in [6.07, 6.45) is -6.47. The molecule has 1 saturated carbocycles. The van der Waals surface area contributed by atoms with Crippen molar-refractivity contribution >= 4 is 11.8 Å². The van der Waals surface area contributed by atoms with Crippen LogP contribution < -0.4 is 10.6 Å². The standard InChI is InChI=1S/C19H22F6N6O/c1-17(2)5-11(3-4-13(17)32)30-15-12(18(20,21)22)8-28-16(31-15)27-7-10-6-26-9-29-14(10)19(23,24)25/h6,8-9,11,13,32H,3-5,7H2,1-2H3,(H2,27,28,30,31)/t11?,13-/m0/s1. The van der Waals surface area contributed by atoms with Gasteiger partial charge in [0.25, 0.3) is 0 Å². The molecule has 0 aliphatic heterocycles. The number of aromatic nitrogens is 4. The van der Waals surface area contributed by atoms with Gasteiger partial charge in [0.05, 0.1) is 6.10 Å². The molecule has 2 aromatic heterocycles. The Labute approximate surface area is 179 Å². The van der Waals surface area contributed by atoms with Crippen molar-refractivity contribution in [3.05, 3.63) is 35.5 Å². The van der Waals surface area contributed by atoms with Gasteiger partial charge in [-0.1, -0.05) is 13.8 Å². The van der Waals surface area contributed by atoms with Gasteiger partial charge in [0.15, 0.2) is 5.69 Å². The molecule has 1 aliphatic rings. The number of nitrogens with one attached hydrogen (secondary N) is 2. The fourth-order valence-electron chi connectivity index (χ4n) is 3.64. The van der Waals surface area contributed by atoms with Gasteiger partial charge in [-0.3, -0.25) is 0 Å². The van der Waals surface area contributed by atoms with Crippen LogP contribution in [0.4, 0.5) is 38.1 Å². The largest absolute Gasteiger partial charge is 0.433 e. The molecule has 2 aromatic rings. The van der Waals surface area contributed by atoms with E-state index >= 15 is 0 Å². The first-order chi connectivity index (χ1) is 14.8. The fourth-order valence-corrected chi connectivity index (χ4v) is 3.64. The minimum atomic E-state index is -4.73. The van der Waals surface area contributed by atoms with Crippen LogP contribution in [-0.4, -0.2) is 37.2 Å². The van der Waals surface area contributed by atoms with E-state index in [9.17, 15) is 31.4 Å². The van der Waals surface area contributed by atoms with Crippen LogP contribution in [0.15, 0.2) is 18.7 Å². The summed E-state index contributed by atoms with van der Waals surface area (Å²) in [5.74, 6) is -0.764. The highest BCUT2D eigenvalue weighted by atomic mass is 19.4. The summed E-state index contributed by atoms with van der Waals surface area (Å²) < 4.78 is 79.6. The van der Waals surface area contributed by atoms with Crippen LogP contribution in [0.2, 0.25) is 0 Å². The van der Waals surface area contributed by atoms with E-state index in [2.05, 4.69) is 30.6 Å². The lowest BCUT2D eigenvalue weighted by Gasteiger charge is -2.40. The zero-order valence-electron chi connectivity index (χ0n) is 17.2. The summed E-state index contributed by atoms with van der Waals surface area (Å²) in [6, 6.07) is -0.378. The second kappa shape index (κ2) is 8.68. The predicted molar refractivity (Wildman–Crippen MR) is 102 cm³/mol. The summed E-state index contributed by atoms with van der Waals surface area (Å²) in [5.41, 5.74) is -3.05. The number of halogens is 6. The Kier molecular flexibility index (Phi) is 6.50. The van der Waals surface area contributed by atoms with E-state index in [1.807, 2.05) is 13.8 Å². The normalized spacial score (nSPS) is 21.3. The van der Waals surface area contributed by atoms with E-state index in [-0.39, 0.29) is 17.6 Å². The van der Waals surface area contributed by atoms with Gasteiger partial charge < -0.3 is 15.7 Å². The smallest absolute Gasteiger partial charge is 0.393 e. The first kappa shape index (κ1) is 24.0. The number of hydrogen-bond donors (Lipinski definition) is 3. The SMILES string of the molecule is CC1(C)CC(Nc2nc(NCc3cncnc3C(F)(F)F)ncc2C(F)(F)F)CC[C@@H]1O. The van der Waals surface area contributed by atoms with Crippen molar-refractivity contribution in [3.63, 3.8) is 0 Å². The van der Waals surface area contributed by atoms with Crippen molar-refractivity contribution < 1.29 is 31.4 Å². The van der Waals surface area contributed by atoms with Gasteiger partial charge in [0.1, 0.15) is 17.7 Å². The summed E-state index contributed by atoms with van der Waals surface area (Å²) >= 11 is 0. The van der Waals surface area contributed by atoms with Crippen LogP contribution in [0.5, 0.6) is 0 Å². The van der Waals surface area contributed by atoms with Crippen molar-refractivity contribution in [3.8, 4) is 0 Å². The Balaban J connectivity index is 1.82. The summed E-state index contributed by atoms with van der Waals surface area (Å²) in [7, 11) is 0. The minimum absolute atomic E-state index is 0.285. The van der Waals surface area contributed by atoms with Crippen LogP contribution in [0.25, 0.3) is 0 Å². The third kappa shape index (κ3) is 5.56. The number of aliphatic hydroxyl groups is 1. The van der Waals surface area contributed by atoms with Crippen LogP contribution in [0.1, 0.15) is 49.9 Å². The van der Waals surface area contributed by atoms with Crippen LogP contribution in [0.3, 0.4) is 0 Å². The molecule has 0 bridgehead atoms. The molecular formula is C19H22F6N6O. The second-order valence-corrected chi connectivity index (χ2v) is 8.33. The molecule has 32 heavy (non-hydrogen) atoms. The number of rotatable bonds is 5. The van der Waals surface area contributed by atoms with Gasteiger partial charge in [-0.05, 0) is 24.7 Å². The maximum Gasteiger partial charge on any atom is 0.433 e. The molecule has 0 aromatic carbocycles. The Hall–Kier alpha value is -2.70. The van der Waals surface area contributed by atoms with Crippen molar-refractivity contribution in [1.29, 1.82) is 0 Å². The minimum Gasteiger partial charge on any atom is -0.393 e. The number of anilines is 2. The molecule has 13 heteroatoms. The lowest BCUT2D eigenvalue weighted by Crippen LogP contribution is -2.41. The number of aliphatic hydroxyl groups excluding tert-OH is 1. The summed E-state index contributed by atoms with van der Waals surface area (Å²) in [6.45, 7) is 3.20. The van der Waals surface area contributed by atoms with Gasteiger partial charge in [-0.25, -0.2) is 15.0 Å². The lowest BCUT2D eigenvalue weighted by molar-refractivity contribution is -0.142. The zero-order valence-corrected chi connectivity index (χ0v) is 17.2. The second-order valence-electron chi connectivity index (χ2n) is 8.33. The molecule has 176 valence electrons. The predicted octanol–water partition coefficient (Wildman–Crippen LogP) is 4.27. The average Bonchev–Trinajstić information content (AvgIpc) is 2.68. The van der Waals surface area contributed by atoms with E-state index in [1.54, 1.807) is 0 Å². The van der Waals surface area contributed by atoms with Crippen molar-refractivity contribution in [2.24, 2.45) is 5.41 Å². The monoisotopic (exact) mass is 464 g/mol. The van der Waals surface area contributed by atoms with E-state index < -0.39 is 47.5 Å². The molecule has 3 N–H and O–H groups in total. The van der Waals surface area contributed by atoms with Gasteiger partial charge >= 0.3 is 12.4 Å². The molecule has 7 nitrogen and oxygen atoms in total. The van der Waals surface area contributed by atoms with E-state index in [4.69, 9.17) is 0 Å². The molecule has 0 radical (unpaired) electrons. The number of nitrogens with zero attached hydrogens (tertiary/aromatic N) is 4. The molecule has 2 heterocycles. The van der Waals surface area contributed by atoms with Crippen molar-refractivity contribution in [2.75, 3.05) is 10.6 Å². The van der Waals surface area contributed by atoms with E-state index in [0.717, 1.165) is 12.5 Å². The highest BCUT2D eigenvalue weighted by Gasteiger charge is 2.39. The molecule has 1 aliphatic carbocycles. The first-order valence-electron chi connectivity index (χ1n) is 9.76. The molecule has 1 fully saturated rings. The molecular weight excluding hydrogens is 442 g/mol. The molecule has 0 spiro atoms. The summed E-state index contributed by atoms with van der Waals surface area (Å²) in [5, 5.41) is 15.4. The lowest BCUT2D eigenvalue weighted by atomic mass is 9.73. The van der Waals surface area contributed by atoms with Gasteiger partial charge in [0.2, 0.25) is 5.95 Å². The van der Waals surface area contributed by atoms with E-state index in [0.29, 0.717) is 25.5 Å². The van der Waals surface area contributed by atoms with Gasteiger partial charge in [-0.2, -0.15) is 31.3 Å². The first-order valence-corrected chi connectivity index (χ1v) is 9.76. The molecule has 1 unspecified atom stereocenters. The number of hydrogen-bond acceptors (Lipinski definition) is 7. The zero-order chi connectivity index (χ0) is 23.7. The maximum absolute atomic E-state index is 13.5. The topological polar surface area (TPSA) is 95.9 Å². The summed E-state index contributed by atoms with van der Waals surface area (Å²) in [4.78, 5) is 14.3. The highest BCUT2D eigenvalue weighted by Crippen LogP contribution is 2.39. The quantitative estimate of drug-likeness (QED) is 0.569. The average molecular weight is 464 g/mol. The van der Waals surface area contributed by atoms with Gasteiger partial charge in [0, 0.05) is 30.5 Å². The van der Waals surface area contributed by atoms with Crippen LogP contribution in [0, 0.1) is 5.41 Å². The Morgan fingerprint density at radius 3 is 2.41 bits per heavy atom. The number of alkyl halides is 6. The molecule has 0 amide bonds. The van der Waals surface area contributed by atoms with Crippen molar-refractivity contribution in [1.82, 2.24) is 19.9 Å². The van der Waals surface area contributed by atoms with Crippen LogP contribution >= 0.6 is 0 Å².